The zero-order valence-electron chi connectivity index (χ0n) is 11.6. The molecule has 2 rings (SSSR count). The standard InChI is InChI=1S/C15H20F2N2O/c1-2-3-9-12-15(20)19(10-13(16)17)14(18-12)11-7-5-4-6-8-11/h4-8,12-14,18H,2-3,9-10H2,1H3. The van der Waals surface area contributed by atoms with Crippen molar-refractivity contribution >= 4 is 5.91 Å². The van der Waals surface area contributed by atoms with Gasteiger partial charge in [-0.15, -0.1) is 0 Å². The first-order valence-electron chi connectivity index (χ1n) is 7.03. The number of carbonyl (C=O) groups is 1. The van der Waals surface area contributed by atoms with Crippen LogP contribution in [0, 0.1) is 0 Å². The quantitative estimate of drug-likeness (QED) is 0.870. The van der Waals surface area contributed by atoms with Crippen LogP contribution in [-0.4, -0.2) is 29.8 Å². The normalized spacial score (nSPS) is 22.8. The van der Waals surface area contributed by atoms with Crippen LogP contribution in [0.5, 0.6) is 0 Å². The van der Waals surface area contributed by atoms with Crippen LogP contribution in [0.3, 0.4) is 0 Å². The molecule has 110 valence electrons. The van der Waals surface area contributed by atoms with Gasteiger partial charge in [0, 0.05) is 0 Å². The lowest BCUT2D eigenvalue weighted by Gasteiger charge is -2.24. The van der Waals surface area contributed by atoms with Gasteiger partial charge in [-0.1, -0.05) is 50.1 Å². The van der Waals surface area contributed by atoms with E-state index in [0.717, 1.165) is 18.4 Å². The molecule has 2 unspecified atom stereocenters. The molecule has 1 heterocycles. The topological polar surface area (TPSA) is 32.3 Å². The van der Waals surface area contributed by atoms with Gasteiger partial charge >= 0.3 is 0 Å². The summed E-state index contributed by atoms with van der Waals surface area (Å²) in [6.45, 7) is 1.53. The van der Waals surface area contributed by atoms with Crippen molar-refractivity contribution in [1.82, 2.24) is 10.2 Å². The number of hydrogen-bond donors (Lipinski definition) is 1. The predicted molar refractivity (Wildman–Crippen MR) is 73.3 cm³/mol. The van der Waals surface area contributed by atoms with Crippen molar-refractivity contribution in [2.24, 2.45) is 0 Å². The highest BCUT2D eigenvalue weighted by atomic mass is 19.3. The highest BCUT2D eigenvalue weighted by Gasteiger charge is 2.40. The molecule has 5 heteroatoms. The molecule has 2 atom stereocenters. The predicted octanol–water partition coefficient (Wildman–Crippen LogP) is 2.94. The molecule has 1 amide bonds. The molecule has 20 heavy (non-hydrogen) atoms. The zero-order chi connectivity index (χ0) is 14.5. The molecule has 1 aliphatic heterocycles. The van der Waals surface area contributed by atoms with Gasteiger partial charge in [0.25, 0.3) is 6.43 Å². The number of nitrogens with one attached hydrogen (secondary N) is 1. The lowest BCUT2D eigenvalue weighted by molar-refractivity contribution is -0.132. The summed E-state index contributed by atoms with van der Waals surface area (Å²) in [6.07, 6.45) is -0.376. The molecule has 0 saturated carbocycles. The number of rotatable bonds is 6. The van der Waals surface area contributed by atoms with Gasteiger partial charge in [0.15, 0.2) is 0 Å². The highest BCUT2D eigenvalue weighted by molar-refractivity contribution is 5.84. The third kappa shape index (κ3) is 3.33. The van der Waals surface area contributed by atoms with Crippen LogP contribution < -0.4 is 5.32 Å². The second kappa shape index (κ2) is 6.79. The van der Waals surface area contributed by atoms with E-state index in [4.69, 9.17) is 0 Å². The second-order valence-electron chi connectivity index (χ2n) is 5.06. The first kappa shape index (κ1) is 14.9. The van der Waals surface area contributed by atoms with E-state index in [1.165, 1.54) is 4.90 Å². The average Bonchev–Trinajstić information content (AvgIpc) is 2.74. The Morgan fingerprint density at radius 3 is 2.60 bits per heavy atom. The molecule has 0 spiro atoms. The molecular formula is C15H20F2N2O. The van der Waals surface area contributed by atoms with E-state index in [1.54, 1.807) is 0 Å². The SMILES string of the molecule is CCCCC1NC(c2ccccc2)N(CC(F)F)C1=O. The molecule has 0 bridgehead atoms. The lowest BCUT2D eigenvalue weighted by atomic mass is 10.1. The van der Waals surface area contributed by atoms with Crippen LogP contribution in [0.1, 0.15) is 37.9 Å². The Labute approximate surface area is 118 Å². The number of alkyl halides is 2. The molecule has 3 nitrogen and oxygen atoms in total. The molecular weight excluding hydrogens is 262 g/mol. The van der Waals surface area contributed by atoms with Crippen LogP contribution in [0.25, 0.3) is 0 Å². The Balaban J connectivity index is 2.17. The summed E-state index contributed by atoms with van der Waals surface area (Å²) < 4.78 is 25.4. The first-order chi connectivity index (χ1) is 9.63. The van der Waals surface area contributed by atoms with Crippen molar-refractivity contribution in [3.8, 4) is 0 Å². The van der Waals surface area contributed by atoms with Gasteiger partial charge in [0.1, 0.15) is 6.17 Å². The van der Waals surface area contributed by atoms with E-state index < -0.39 is 19.1 Å². The summed E-state index contributed by atoms with van der Waals surface area (Å²) in [4.78, 5) is 13.5. The van der Waals surface area contributed by atoms with Crippen molar-refractivity contribution in [2.45, 2.75) is 44.8 Å². The minimum absolute atomic E-state index is 0.215. The highest BCUT2D eigenvalue weighted by Crippen LogP contribution is 2.27. The van der Waals surface area contributed by atoms with Gasteiger partial charge in [-0.2, -0.15) is 0 Å². The van der Waals surface area contributed by atoms with Crippen LogP contribution in [-0.2, 0) is 4.79 Å². The van der Waals surface area contributed by atoms with E-state index in [9.17, 15) is 13.6 Å². The van der Waals surface area contributed by atoms with Crippen LogP contribution >= 0.6 is 0 Å². The van der Waals surface area contributed by atoms with Gasteiger partial charge in [-0.3, -0.25) is 10.1 Å². The van der Waals surface area contributed by atoms with Crippen LogP contribution in [0.2, 0.25) is 0 Å². The third-order valence-corrected chi connectivity index (χ3v) is 3.55. The Morgan fingerprint density at radius 1 is 1.30 bits per heavy atom. The van der Waals surface area contributed by atoms with Crippen molar-refractivity contribution in [3.63, 3.8) is 0 Å². The summed E-state index contributed by atoms with van der Waals surface area (Å²) in [5, 5.41) is 3.19. The number of benzene rings is 1. The van der Waals surface area contributed by atoms with E-state index in [1.807, 2.05) is 37.3 Å². The Kier molecular flexibility index (Phi) is 5.06. The van der Waals surface area contributed by atoms with Crippen LogP contribution in [0.4, 0.5) is 8.78 Å². The summed E-state index contributed by atoms with van der Waals surface area (Å²) in [6, 6.07) is 8.92. The summed E-state index contributed by atoms with van der Waals surface area (Å²) in [7, 11) is 0. The largest absolute Gasteiger partial charge is 0.316 e. The second-order valence-corrected chi connectivity index (χ2v) is 5.06. The maximum atomic E-state index is 12.7. The Hall–Kier alpha value is -1.49. The maximum Gasteiger partial charge on any atom is 0.255 e. The minimum atomic E-state index is -2.52. The number of amides is 1. The van der Waals surface area contributed by atoms with E-state index in [-0.39, 0.29) is 11.9 Å². The molecule has 1 N–H and O–H groups in total. The first-order valence-corrected chi connectivity index (χ1v) is 7.03. The Morgan fingerprint density at radius 2 is 2.00 bits per heavy atom. The van der Waals surface area contributed by atoms with Gasteiger partial charge in [-0.25, -0.2) is 8.78 Å². The summed E-state index contributed by atoms with van der Waals surface area (Å²) >= 11 is 0. The summed E-state index contributed by atoms with van der Waals surface area (Å²) in [5.74, 6) is -0.215. The molecule has 1 fully saturated rings. The average molecular weight is 282 g/mol. The van der Waals surface area contributed by atoms with Gasteiger partial charge in [0.05, 0.1) is 12.6 Å². The van der Waals surface area contributed by atoms with Crippen molar-refractivity contribution in [3.05, 3.63) is 35.9 Å². The third-order valence-electron chi connectivity index (χ3n) is 3.55. The zero-order valence-corrected chi connectivity index (χ0v) is 11.6. The maximum absolute atomic E-state index is 12.7. The number of carbonyl (C=O) groups excluding carboxylic acids is 1. The van der Waals surface area contributed by atoms with Gasteiger partial charge in [-0.05, 0) is 12.0 Å². The number of halogens is 2. The molecule has 1 aliphatic rings. The van der Waals surface area contributed by atoms with Gasteiger partial charge < -0.3 is 4.90 Å². The number of nitrogens with zero attached hydrogens (tertiary/aromatic N) is 1. The van der Waals surface area contributed by atoms with E-state index >= 15 is 0 Å². The minimum Gasteiger partial charge on any atom is -0.316 e. The van der Waals surface area contributed by atoms with Crippen molar-refractivity contribution in [1.29, 1.82) is 0 Å². The van der Waals surface area contributed by atoms with E-state index in [0.29, 0.717) is 6.42 Å². The summed E-state index contributed by atoms with van der Waals surface area (Å²) in [5.41, 5.74) is 0.848. The molecule has 0 radical (unpaired) electrons. The van der Waals surface area contributed by atoms with E-state index in [2.05, 4.69) is 5.32 Å². The lowest BCUT2D eigenvalue weighted by Crippen LogP contribution is -2.35. The van der Waals surface area contributed by atoms with Crippen molar-refractivity contribution in [2.75, 3.05) is 6.54 Å². The molecule has 1 aromatic carbocycles. The monoisotopic (exact) mass is 282 g/mol. The molecule has 1 aromatic rings. The molecule has 1 saturated heterocycles. The fraction of sp³-hybridized carbons (Fsp3) is 0.533. The Bertz CT molecular complexity index is 439. The van der Waals surface area contributed by atoms with Gasteiger partial charge in [0.2, 0.25) is 5.91 Å². The fourth-order valence-electron chi connectivity index (χ4n) is 2.55. The fourth-order valence-corrected chi connectivity index (χ4v) is 2.55. The van der Waals surface area contributed by atoms with Crippen molar-refractivity contribution < 1.29 is 13.6 Å². The molecule has 0 aromatic heterocycles. The smallest absolute Gasteiger partial charge is 0.255 e. The molecule has 0 aliphatic carbocycles. The number of hydrogen-bond acceptors (Lipinski definition) is 2. The number of unbranched alkanes of at least 4 members (excludes halogenated alkanes) is 1. The van der Waals surface area contributed by atoms with Crippen LogP contribution in [0.15, 0.2) is 30.3 Å².